The summed E-state index contributed by atoms with van der Waals surface area (Å²) in [5.41, 5.74) is 0.664. The number of nitrogens with one attached hydrogen (secondary N) is 1. The number of ether oxygens (including phenoxy) is 1. The minimum Gasteiger partial charge on any atom is -0.471 e. The number of hydrogen-bond acceptors (Lipinski definition) is 4. The van der Waals surface area contributed by atoms with Crippen LogP contribution >= 0.6 is 0 Å². The number of carbonyl (C=O) groups is 1. The number of rotatable bonds is 6. The number of nitrogens with zero attached hydrogens (tertiary/aromatic N) is 2. The van der Waals surface area contributed by atoms with Gasteiger partial charge in [0.2, 0.25) is 5.88 Å². The first-order chi connectivity index (χ1) is 10.9. The van der Waals surface area contributed by atoms with E-state index >= 15 is 0 Å². The van der Waals surface area contributed by atoms with Crippen LogP contribution in [0.2, 0.25) is 0 Å². The van der Waals surface area contributed by atoms with Crippen molar-refractivity contribution >= 4 is 11.6 Å². The summed E-state index contributed by atoms with van der Waals surface area (Å²) >= 11 is 0. The second kappa shape index (κ2) is 7.03. The van der Waals surface area contributed by atoms with Crippen LogP contribution in [0.15, 0.2) is 42.9 Å². The first kappa shape index (κ1) is 16.7. The summed E-state index contributed by atoms with van der Waals surface area (Å²) in [7, 11) is 0. The Morgan fingerprint density at radius 2 is 1.91 bits per heavy atom. The minimum atomic E-state index is -4.25. The fraction of sp³-hybridized carbons (Fsp3) is 0.214. The van der Waals surface area contributed by atoms with Gasteiger partial charge < -0.3 is 10.1 Å². The summed E-state index contributed by atoms with van der Waals surface area (Å²) in [6, 6.07) is 5.55. The van der Waals surface area contributed by atoms with Gasteiger partial charge in [-0.25, -0.2) is 13.8 Å². The van der Waals surface area contributed by atoms with E-state index in [0.717, 1.165) is 6.20 Å². The number of aromatic nitrogens is 2. The van der Waals surface area contributed by atoms with E-state index in [1.165, 1.54) is 36.7 Å². The molecule has 2 heterocycles. The lowest BCUT2D eigenvalue weighted by molar-refractivity contribution is -0.148. The van der Waals surface area contributed by atoms with Gasteiger partial charge in [-0.15, -0.1) is 0 Å². The Bertz CT molecular complexity index is 651. The van der Waals surface area contributed by atoms with Gasteiger partial charge in [0.1, 0.15) is 0 Å². The Morgan fingerprint density at radius 1 is 1.22 bits per heavy atom. The zero-order chi connectivity index (χ0) is 16.9. The largest absolute Gasteiger partial charge is 0.471 e. The highest BCUT2D eigenvalue weighted by Gasteiger charge is 2.41. The van der Waals surface area contributed by atoms with E-state index in [1.54, 1.807) is 0 Å². The minimum absolute atomic E-state index is 0.257. The summed E-state index contributed by atoms with van der Waals surface area (Å²) < 4.78 is 53.9. The second-order valence-electron chi connectivity index (χ2n) is 4.43. The van der Waals surface area contributed by atoms with Gasteiger partial charge in [0, 0.05) is 24.0 Å². The molecule has 0 aliphatic carbocycles. The molecular formula is C14H11F4N3O2. The number of halogens is 4. The lowest BCUT2D eigenvalue weighted by atomic mass is 10.2. The highest BCUT2D eigenvalue weighted by molar-refractivity contribution is 6.04. The molecule has 0 atom stereocenters. The van der Waals surface area contributed by atoms with Gasteiger partial charge in [0.15, 0.2) is 6.61 Å². The molecule has 0 unspecified atom stereocenters. The zero-order valence-corrected chi connectivity index (χ0v) is 11.5. The van der Waals surface area contributed by atoms with Crippen LogP contribution in [0.4, 0.5) is 23.2 Å². The lowest BCUT2D eigenvalue weighted by Crippen LogP contribution is -2.33. The molecule has 2 aromatic heterocycles. The van der Waals surface area contributed by atoms with Crippen molar-refractivity contribution in [2.75, 3.05) is 11.9 Å². The van der Waals surface area contributed by atoms with E-state index < -0.39 is 24.9 Å². The molecule has 0 spiro atoms. The van der Waals surface area contributed by atoms with Crippen molar-refractivity contribution in [3.63, 3.8) is 0 Å². The highest BCUT2D eigenvalue weighted by atomic mass is 19.3. The summed E-state index contributed by atoms with van der Waals surface area (Å²) in [5.74, 6) is -4.92. The first-order valence-corrected chi connectivity index (χ1v) is 6.35. The fourth-order valence-electron chi connectivity index (χ4n) is 1.48. The van der Waals surface area contributed by atoms with Crippen LogP contribution in [-0.2, 0) is 0 Å². The Labute approximate surface area is 128 Å². The van der Waals surface area contributed by atoms with Crippen LogP contribution in [0.25, 0.3) is 0 Å². The van der Waals surface area contributed by atoms with Gasteiger partial charge in [-0.1, -0.05) is 0 Å². The highest BCUT2D eigenvalue weighted by Crippen LogP contribution is 2.24. The van der Waals surface area contributed by atoms with Crippen molar-refractivity contribution in [1.29, 1.82) is 0 Å². The zero-order valence-electron chi connectivity index (χ0n) is 11.5. The van der Waals surface area contributed by atoms with Gasteiger partial charge in [-0.05, 0) is 18.2 Å². The average Bonchev–Trinajstić information content (AvgIpc) is 2.55. The summed E-state index contributed by atoms with van der Waals surface area (Å²) in [4.78, 5) is 19.3. The summed E-state index contributed by atoms with van der Waals surface area (Å²) in [6.45, 7) is -1.49. The van der Waals surface area contributed by atoms with Crippen LogP contribution < -0.4 is 10.1 Å². The Kier molecular flexibility index (Phi) is 5.09. The standard InChI is InChI=1S/C14H11F4N3O2/c15-13(16)14(17,18)8-23-11-2-1-10(7-20-11)21-12(22)9-3-5-19-6-4-9/h1-7,13H,8H2,(H,21,22). The molecule has 5 nitrogen and oxygen atoms in total. The topological polar surface area (TPSA) is 64.1 Å². The molecule has 1 N–H and O–H groups in total. The number of pyridine rings is 2. The average molecular weight is 329 g/mol. The molecule has 0 aliphatic rings. The van der Waals surface area contributed by atoms with Crippen molar-refractivity contribution < 1.29 is 27.1 Å². The quantitative estimate of drug-likeness (QED) is 0.828. The van der Waals surface area contributed by atoms with Crippen LogP contribution in [0.1, 0.15) is 10.4 Å². The third-order valence-electron chi connectivity index (χ3n) is 2.67. The summed E-state index contributed by atoms with van der Waals surface area (Å²) in [5, 5.41) is 2.52. The van der Waals surface area contributed by atoms with E-state index in [1.807, 2.05) is 0 Å². The number of carbonyl (C=O) groups excluding carboxylic acids is 1. The van der Waals surface area contributed by atoms with Crippen molar-refractivity contribution in [2.24, 2.45) is 0 Å². The monoisotopic (exact) mass is 329 g/mol. The van der Waals surface area contributed by atoms with Crippen molar-refractivity contribution in [2.45, 2.75) is 12.3 Å². The van der Waals surface area contributed by atoms with Crippen molar-refractivity contribution in [3.8, 4) is 5.88 Å². The molecule has 23 heavy (non-hydrogen) atoms. The Morgan fingerprint density at radius 3 is 2.48 bits per heavy atom. The molecule has 0 saturated heterocycles. The first-order valence-electron chi connectivity index (χ1n) is 6.35. The van der Waals surface area contributed by atoms with E-state index in [-0.39, 0.29) is 5.88 Å². The van der Waals surface area contributed by atoms with E-state index in [4.69, 9.17) is 0 Å². The SMILES string of the molecule is O=C(Nc1ccc(OCC(F)(F)C(F)F)nc1)c1ccncc1. The molecule has 0 aromatic carbocycles. The molecule has 0 saturated carbocycles. The smallest absolute Gasteiger partial charge is 0.340 e. The third-order valence-corrected chi connectivity index (χ3v) is 2.67. The normalized spacial score (nSPS) is 11.3. The predicted octanol–water partition coefficient (Wildman–Crippen LogP) is 3.01. The summed E-state index contributed by atoms with van der Waals surface area (Å²) in [6.07, 6.45) is 0.247. The third kappa shape index (κ3) is 4.63. The molecule has 0 aliphatic heterocycles. The van der Waals surface area contributed by atoms with Gasteiger partial charge in [-0.3, -0.25) is 9.78 Å². The number of hydrogen-bond donors (Lipinski definition) is 1. The maximum atomic E-state index is 12.7. The molecular weight excluding hydrogens is 318 g/mol. The maximum Gasteiger partial charge on any atom is 0.340 e. The van der Waals surface area contributed by atoms with E-state index in [9.17, 15) is 22.4 Å². The van der Waals surface area contributed by atoms with Gasteiger partial charge in [0.05, 0.1) is 11.9 Å². The van der Waals surface area contributed by atoms with Crippen LogP contribution in [0.5, 0.6) is 5.88 Å². The van der Waals surface area contributed by atoms with Gasteiger partial charge in [-0.2, -0.15) is 8.78 Å². The fourth-order valence-corrected chi connectivity index (χ4v) is 1.48. The predicted molar refractivity (Wildman–Crippen MR) is 72.9 cm³/mol. The van der Waals surface area contributed by atoms with Crippen molar-refractivity contribution in [1.82, 2.24) is 9.97 Å². The van der Waals surface area contributed by atoms with Gasteiger partial charge >= 0.3 is 12.3 Å². The van der Waals surface area contributed by atoms with Crippen LogP contribution in [0.3, 0.4) is 0 Å². The molecule has 9 heteroatoms. The van der Waals surface area contributed by atoms with Crippen molar-refractivity contribution in [3.05, 3.63) is 48.4 Å². The molecule has 0 bridgehead atoms. The molecule has 0 fully saturated rings. The number of alkyl halides is 4. The molecule has 1 amide bonds. The maximum absolute atomic E-state index is 12.7. The van der Waals surface area contributed by atoms with E-state index in [0.29, 0.717) is 11.3 Å². The van der Waals surface area contributed by atoms with Gasteiger partial charge in [0.25, 0.3) is 5.91 Å². The number of anilines is 1. The lowest BCUT2D eigenvalue weighted by Gasteiger charge is -2.15. The molecule has 2 rings (SSSR count). The van der Waals surface area contributed by atoms with Crippen LogP contribution in [0, 0.1) is 0 Å². The van der Waals surface area contributed by atoms with Crippen LogP contribution in [-0.4, -0.2) is 34.8 Å². The Balaban J connectivity index is 1.93. The Hall–Kier alpha value is -2.71. The molecule has 122 valence electrons. The molecule has 0 radical (unpaired) electrons. The molecule has 2 aromatic rings. The second-order valence-corrected chi connectivity index (χ2v) is 4.43. The number of amides is 1. The van der Waals surface area contributed by atoms with E-state index in [2.05, 4.69) is 20.0 Å².